The molecule has 1 aromatic carbocycles. The smallest absolute Gasteiger partial charge is 0.408 e. The lowest BCUT2D eigenvalue weighted by Crippen LogP contribution is -2.56. The maximum Gasteiger partial charge on any atom is 0.408 e. The number of amides is 2. The number of hydrogen-bond donors (Lipinski definition) is 4. The largest absolute Gasteiger partial charge is 0.467 e. The van der Waals surface area contributed by atoms with E-state index in [1.165, 1.54) is 6.92 Å². The van der Waals surface area contributed by atoms with Crippen LogP contribution >= 0.6 is 0 Å². The number of methoxy groups -OCH3 is 1. The molecule has 4 N–H and O–H groups in total. The summed E-state index contributed by atoms with van der Waals surface area (Å²) < 4.78 is 9.40. The Labute approximate surface area is 144 Å². The predicted molar refractivity (Wildman–Crippen MR) is 86.3 cm³/mol. The number of aliphatic hydroxyl groups excluding tert-OH is 2. The Bertz CT molecular complexity index is 577. The second-order valence-corrected chi connectivity index (χ2v) is 5.19. The fraction of sp³-hybridized carbons (Fsp3) is 0.438. The molecule has 138 valence electrons. The van der Waals surface area contributed by atoms with Gasteiger partial charge in [-0.1, -0.05) is 30.3 Å². The Morgan fingerprint density at radius 1 is 1.16 bits per heavy atom. The fourth-order valence-corrected chi connectivity index (χ4v) is 1.88. The summed E-state index contributed by atoms with van der Waals surface area (Å²) in [5, 5.41) is 23.2. The lowest BCUT2D eigenvalue weighted by molar-refractivity contribution is -0.146. The van der Waals surface area contributed by atoms with Crippen LogP contribution < -0.4 is 10.6 Å². The Hall–Kier alpha value is -2.65. The van der Waals surface area contributed by atoms with Gasteiger partial charge < -0.3 is 30.3 Å². The third-order valence-corrected chi connectivity index (χ3v) is 3.24. The van der Waals surface area contributed by atoms with Crippen LogP contribution in [0.15, 0.2) is 30.3 Å². The highest BCUT2D eigenvalue weighted by atomic mass is 16.5. The van der Waals surface area contributed by atoms with E-state index in [0.29, 0.717) is 0 Å². The van der Waals surface area contributed by atoms with Gasteiger partial charge in [0, 0.05) is 0 Å². The molecule has 0 saturated carbocycles. The van der Waals surface area contributed by atoms with E-state index in [0.717, 1.165) is 12.7 Å². The topological polar surface area (TPSA) is 134 Å². The third-order valence-electron chi connectivity index (χ3n) is 3.24. The van der Waals surface area contributed by atoms with Crippen molar-refractivity contribution in [1.82, 2.24) is 10.6 Å². The molecule has 9 heteroatoms. The molecular formula is C16H22N2O7. The molecular weight excluding hydrogens is 332 g/mol. The van der Waals surface area contributed by atoms with Crippen molar-refractivity contribution < 1.29 is 34.1 Å². The summed E-state index contributed by atoms with van der Waals surface area (Å²) in [6.07, 6.45) is -2.18. The SMILES string of the molecule is COC(=O)C(CO)NC(=O)C(NC(=O)OCc1ccccc1)C(C)O. The molecule has 3 unspecified atom stereocenters. The van der Waals surface area contributed by atoms with Gasteiger partial charge in [0.1, 0.15) is 12.6 Å². The number of hydrogen-bond acceptors (Lipinski definition) is 7. The fourth-order valence-electron chi connectivity index (χ4n) is 1.88. The van der Waals surface area contributed by atoms with Crippen molar-refractivity contribution in [2.75, 3.05) is 13.7 Å². The number of rotatable bonds is 8. The van der Waals surface area contributed by atoms with Crippen LogP contribution in [-0.2, 0) is 25.7 Å². The van der Waals surface area contributed by atoms with Crippen molar-refractivity contribution in [1.29, 1.82) is 0 Å². The number of alkyl carbamates (subject to hydrolysis) is 1. The zero-order chi connectivity index (χ0) is 18.8. The summed E-state index contributed by atoms with van der Waals surface area (Å²) >= 11 is 0. The minimum absolute atomic E-state index is 0.0117. The molecule has 3 atom stereocenters. The highest BCUT2D eigenvalue weighted by Crippen LogP contribution is 2.02. The van der Waals surface area contributed by atoms with Gasteiger partial charge in [-0.05, 0) is 12.5 Å². The first-order chi connectivity index (χ1) is 11.9. The Kier molecular flexibility index (Phi) is 8.37. The number of nitrogens with one attached hydrogen (secondary N) is 2. The van der Waals surface area contributed by atoms with Gasteiger partial charge in [-0.25, -0.2) is 9.59 Å². The molecule has 0 aromatic heterocycles. The molecule has 0 aliphatic heterocycles. The van der Waals surface area contributed by atoms with E-state index in [9.17, 15) is 19.5 Å². The molecule has 0 heterocycles. The van der Waals surface area contributed by atoms with Gasteiger partial charge in [-0.3, -0.25) is 4.79 Å². The Morgan fingerprint density at radius 3 is 2.32 bits per heavy atom. The van der Waals surface area contributed by atoms with Crippen molar-refractivity contribution in [3.63, 3.8) is 0 Å². The zero-order valence-corrected chi connectivity index (χ0v) is 14.0. The van der Waals surface area contributed by atoms with E-state index < -0.39 is 42.8 Å². The summed E-state index contributed by atoms with van der Waals surface area (Å²) in [6.45, 7) is 0.583. The maximum absolute atomic E-state index is 12.1. The molecule has 2 amide bonds. The van der Waals surface area contributed by atoms with Gasteiger partial charge in [0.2, 0.25) is 5.91 Å². The van der Waals surface area contributed by atoms with Crippen LogP contribution in [0.3, 0.4) is 0 Å². The van der Waals surface area contributed by atoms with Crippen LogP contribution in [0.2, 0.25) is 0 Å². The molecule has 0 saturated heterocycles. The Balaban J connectivity index is 2.61. The standard InChI is InChI=1S/C16H22N2O7/c1-10(20)13(14(21)17-12(8-19)15(22)24-2)18-16(23)25-9-11-6-4-3-5-7-11/h3-7,10,12-13,19-20H,8-9H2,1-2H3,(H,17,21)(H,18,23). The monoisotopic (exact) mass is 354 g/mol. The minimum Gasteiger partial charge on any atom is -0.467 e. The molecule has 25 heavy (non-hydrogen) atoms. The van der Waals surface area contributed by atoms with E-state index in [1.54, 1.807) is 24.3 Å². The Morgan fingerprint density at radius 2 is 1.80 bits per heavy atom. The molecule has 1 rings (SSSR count). The normalized spacial score (nSPS) is 13.9. The summed E-state index contributed by atoms with van der Waals surface area (Å²) in [7, 11) is 1.10. The van der Waals surface area contributed by atoms with E-state index in [4.69, 9.17) is 9.84 Å². The summed E-state index contributed by atoms with van der Waals surface area (Å²) in [6, 6.07) is 6.22. The molecule has 0 spiro atoms. The highest BCUT2D eigenvalue weighted by Gasteiger charge is 2.30. The summed E-state index contributed by atoms with van der Waals surface area (Å²) in [5.74, 6) is -1.72. The van der Waals surface area contributed by atoms with Crippen molar-refractivity contribution in [3.05, 3.63) is 35.9 Å². The van der Waals surface area contributed by atoms with Gasteiger partial charge in [-0.15, -0.1) is 0 Å². The van der Waals surface area contributed by atoms with Crippen LogP contribution in [0.25, 0.3) is 0 Å². The van der Waals surface area contributed by atoms with E-state index >= 15 is 0 Å². The number of carbonyl (C=O) groups excluding carboxylic acids is 3. The number of benzene rings is 1. The summed E-state index contributed by atoms with van der Waals surface area (Å²) in [5.41, 5.74) is 0.752. The van der Waals surface area contributed by atoms with Crippen LogP contribution in [0, 0.1) is 0 Å². The second kappa shape index (κ2) is 10.3. The molecule has 1 aromatic rings. The maximum atomic E-state index is 12.1. The number of carbonyl (C=O) groups is 3. The van der Waals surface area contributed by atoms with Crippen molar-refractivity contribution >= 4 is 18.0 Å². The molecule has 0 aliphatic rings. The van der Waals surface area contributed by atoms with Gasteiger partial charge in [0.15, 0.2) is 6.04 Å². The molecule has 0 aliphatic carbocycles. The van der Waals surface area contributed by atoms with E-state index in [1.807, 2.05) is 6.07 Å². The molecule has 0 radical (unpaired) electrons. The zero-order valence-electron chi connectivity index (χ0n) is 14.0. The predicted octanol–water partition coefficient (Wildman–Crippen LogP) is -0.688. The first-order valence-electron chi connectivity index (χ1n) is 7.53. The number of ether oxygens (including phenoxy) is 2. The van der Waals surface area contributed by atoms with Gasteiger partial charge in [0.25, 0.3) is 0 Å². The van der Waals surface area contributed by atoms with Crippen molar-refractivity contribution in [2.45, 2.75) is 31.7 Å². The number of esters is 1. The molecule has 0 fully saturated rings. The minimum atomic E-state index is -1.37. The van der Waals surface area contributed by atoms with Crippen LogP contribution in [0.4, 0.5) is 4.79 Å². The number of aliphatic hydroxyl groups is 2. The van der Waals surface area contributed by atoms with Crippen LogP contribution in [-0.4, -0.2) is 60.1 Å². The van der Waals surface area contributed by atoms with E-state index in [-0.39, 0.29) is 6.61 Å². The van der Waals surface area contributed by atoms with Gasteiger partial charge in [0.05, 0.1) is 19.8 Å². The first kappa shape index (κ1) is 20.4. The average molecular weight is 354 g/mol. The highest BCUT2D eigenvalue weighted by molar-refractivity contribution is 5.90. The second-order valence-electron chi connectivity index (χ2n) is 5.19. The van der Waals surface area contributed by atoms with E-state index in [2.05, 4.69) is 15.4 Å². The van der Waals surface area contributed by atoms with Crippen molar-refractivity contribution in [3.8, 4) is 0 Å². The quantitative estimate of drug-likeness (QED) is 0.454. The van der Waals surface area contributed by atoms with Gasteiger partial charge >= 0.3 is 12.1 Å². The third kappa shape index (κ3) is 6.77. The van der Waals surface area contributed by atoms with Crippen molar-refractivity contribution in [2.24, 2.45) is 0 Å². The average Bonchev–Trinajstić information content (AvgIpc) is 2.62. The lowest BCUT2D eigenvalue weighted by atomic mass is 10.1. The molecule has 9 nitrogen and oxygen atoms in total. The molecule has 0 bridgehead atoms. The van der Waals surface area contributed by atoms with Crippen LogP contribution in [0.5, 0.6) is 0 Å². The van der Waals surface area contributed by atoms with Crippen LogP contribution in [0.1, 0.15) is 12.5 Å². The summed E-state index contributed by atoms with van der Waals surface area (Å²) in [4.78, 5) is 35.3. The lowest BCUT2D eigenvalue weighted by Gasteiger charge is -2.22. The van der Waals surface area contributed by atoms with Gasteiger partial charge in [-0.2, -0.15) is 0 Å². The first-order valence-corrected chi connectivity index (χ1v) is 7.53.